The molecule has 3 aromatic rings. The van der Waals surface area contributed by atoms with Gasteiger partial charge in [-0.25, -0.2) is 14.6 Å². The quantitative estimate of drug-likeness (QED) is 0.209. The molecule has 1 N–H and O–H groups in total. The van der Waals surface area contributed by atoms with Crippen LogP contribution < -0.4 is 9.80 Å². The number of carbonyl (C=O) groups excluding carboxylic acids is 4. The minimum Gasteiger partial charge on any atom is -0.478 e. The Kier molecular flexibility index (Phi) is 8.23. The van der Waals surface area contributed by atoms with E-state index < -0.39 is 29.6 Å². The number of hydrogen-bond acceptors (Lipinski definition) is 5. The molecule has 0 saturated heterocycles. The molecule has 8 heteroatoms. The summed E-state index contributed by atoms with van der Waals surface area (Å²) in [5, 5.41) is 9.84. The van der Waals surface area contributed by atoms with Crippen molar-refractivity contribution < 1.29 is 29.1 Å². The Morgan fingerprint density at radius 2 is 1.05 bits per heavy atom. The maximum atomic E-state index is 13.5. The standard InChI is InChI=1S/C35H28N2O6/c1-3-5-7-9-11-22-13-15-27-29(17-22)33(40)36(31(27)38)25-19-24(35(42)43)20-26(21-25)37-32(39)28-16-14-23(12-10-8-6-4-2)18-30(28)34(37)41/h13-21H,3-8H2,1-2H3,(H,42,43). The number of amides is 4. The SMILES string of the molecule is CCCCC#Cc1ccc2c(c1)C(=O)N(c1cc(C(=O)O)cc(N3C(=O)c4ccc(C#CCCCC)cc4C3=O)c1)C2=O. The number of hydrogen-bond donors (Lipinski definition) is 1. The molecule has 5 rings (SSSR count). The van der Waals surface area contributed by atoms with Crippen LogP contribution in [-0.4, -0.2) is 34.7 Å². The number of imide groups is 2. The maximum Gasteiger partial charge on any atom is 0.335 e. The first-order chi connectivity index (χ1) is 20.7. The van der Waals surface area contributed by atoms with E-state index >= 15 is 0 Å². The van der Waals surface area contributed by atoms with E-state index in [9.17, 15) is 29.1 Å². The summed E-state index contributed by atoms with van der Waals surface area (Å²) in [6.07, 6.45) is 5.34. The Balaban J connectivity index is 1.50. The second-order valence-corrected chi connectivity index (χ2v) is 10.3. The Morgan fingerprint density at radius 3 is 1.44 bits per heavy atom. The number of fused-ring (bicyclic) bond motifs is 2. The molecule has 0 radical (unpaired) electrons. The van der Waals surface area contributed by atoms with Crippen LogP contribution in [-0.2, 0) is 0 Å². The third-order valence-corrected chi connectivity index (χ3v) is 7.22. The zero-order valence-corrected chi connectivity index (χ0v) is 23.8. The molecule has 8 nitrogen and oxygen atoms in total. The first-order valence-electron chi connectivity index (χ1n) is 14.2. The van der Waals surface area contributed by atoms with Crippen molar-refractivity contribution in [2.24, 2.45) is 0 Å². The van der Waals surface area contributed by atoms with Crippen LogP contribution in [0.15, 0.2) is 54.6 Å². The van der Waals surface area contributed by atoms with Crippen molar-refractivity contribution >= 4 is 41.0 Å². The van der Waals surface area contributed by atoms with Gasteiger partial charge in [0, 0.05) is 24.0 Å². The zero-order valence-electron chi connectivity index (χ0n) is 23.8. The second-order valence-electron chi connectivity index (χ2n) is 10.3. The van der Waals surface area contributed by atoms with Crippen LogP contribution >= 0.6 is 0 Å². The summed E-state index contributed by atoms with van der Waals surface area (Å²) in [6, 6.07) is 13.1. The van der Waals surface area contributed by atoms with Gasteiger partial charge < -0.3 is 5.11 Å². The van der Waals surface area contributed by atoms with Crippen LogP contribution in [0.3, 0.4) is 0 Å². The van der Waals surface area contributed by atoms with Crippen molar-refractivity contribution in [1.29, 1.82) is 0 Å². The molecule has 214 valence electrons. The van der Waals surface area contributed by atoms with Gasteiger partial charge in [-0.1, -0.05) is 50.4 Å². The molecule has 4 amide bonds. The zero-order chi connectivity index (χ0) is 30.7. The third kappa shape index (κ3) is 5.56. The number of aromatic carboxylic acids is 1. The van der Waals surface area contributed by atoms with Gasteiger partial charge >= 0.3 is 5.97 Å². The molecular weight excluding hydrogens is 544 g/mol. The monoisotopic (exact) mass is 572 g/mol. The summed E-state index contributed by atoms with van der Waals surface area (Å²) >= 11 is 0. The predicted octanol–water partition coefficient (Wildman–Crippen LogP) is 6.07. The summed E-state index contributed by atoms with van der Waals surface area (Å²) < 4.78 is 0. The number of unbranched alkanes of at least 4 members (excludes halogenated alkanes) is 4. The average Bonchev–Trinajstić information content (AvgIpc) is 3.40. The molecule has 2 aliphatic rings. The Bertz CT molecular complexity index is 1710. The molecule has 0 fully saturated rings. The van der Waals surface area contributed by atoms with Gasteiger partial charge in [0.25, 0.3) is 23.6 Å². The maximum absolute atomic E-state index is 13.5. The fourth-order valence-electron chi connectivity index (χ4n) is 4.94. The molecule has 0 aliphatic carbocycles. The molecule has 0 spiro atoms. The van der Waals surface area contributed by atoms with Crippen molar-refractivity contribution in [3.63, 3.8) is 0 Å². The number of rotatable bonds is 7. The van der Waals surface area contributed by atoms with Gasteiger partial charge in [0.2, 0.25) is 0 Å². The average molecular weight is 573 g/mol. The molecular formula is C35H28N2O6. The summed E-state index contributed by atoms with van der Waals surface area (Å²) in [5.74, 6) is 8.17. The number of carboxylic acids is 1. The van der Waals surface area contributed by atoms with E-state index in [2.05, 4.69) is 37.5 Å². The fraction of sp³-hybridized carbons (Fsp3) is 0.229. The molecule has 0 aromatic heterocycles. The summed E-state index contributed by atoms with van der Waals surface area (Å²) in [4.78, 5) is 67.5. The third-order valence-electron chi connectivity index (χ3n) is 7.22. The van der Waals surface area contributed by atoms with Crippen molar-refractivity contribution in [3.05, 3.63) is 93.5 Å². The number of carboxylic acid groups (broad SMARTS) is 1. The van der Waals surface area contributed by atoms with E-state index in [1.54, 1.807) is 24.3 Å². The van der Waals surface area contributed by atoms with E-state index in [4.69, 9.17) is 0 Å². The lowest BCUT2D eigenvalue weighted by Gasteiger charge is -2.20. The van der Waals surface area contributed by atoms with E-state index in [0.717, 1.165) is 35.5 Å². The van der Waals surface area contributed by atoms with E-state index in [1.165, 1.54) is 30.3 Å². The van der Waals surface area contributed by atoms with Crippen molar-refractivity contribution in [3.8, 4) is 23.7 Å². The number of anilines is 2. The highest BCUT2D eigenvalue weighted by Gasteiger charge is 2.40. The molecule has 43 heavy (non-hydrogen) atoms. The van der Waals surface area contributed by atoms with E-state index in [0.29, 0.717) is 24.0 Å². The number of benzene rings is 3. The highest BCUT2D eigenvalue weighted by atomic mass is 16.4. The largest absolute Gasteiger partial charge is 0.478 e. The van der Waals surface area contributed by atoms with Crippen molar-refractivity contribution in [1.82, 2.24) is 0 Å². The normalized spacial score (nSPS) is 13.3. The fourth-order valence-corrected chi connectivity index (χ4v) is 4.94. The molecule has 3 aromatic carbocycles. The van der Waals surface area contributed by atoms with Gasteiger partial charge in [-0.15, -0.1) is 0 Å². The first-order valence-corrected chi connectivity index (χ1v) is 14.2. The minimum atomic E-state index is -1.36. The van der Waals surface area contributed by atoms with Crippen molar-refractivity contribution in [2.75, 3.05) is 9.80 Å². The van der Waals surface area contributed by atoms with Gasteiger partial charge in [0.05, 0.1) is 39.2 Å². The Labute approximate surface area is 249 Å². The highest BCUT2D eigenvalue weighted by Crippen LogP contribution is 2.36. The van der Waals surface area contributed by atoms with Crippen LogP contribution in [0.25, 0.3) is 0 Å². The molecule has 2 aliphatic heterocycles. The van der Waals surface area contributed by atoms with Gasteiger partial charge in [-0.05, 0) is 67.4 Å². The van der Waals surface area contributed by atoms with Crippen molar-refractivity contribution in [2.45, 2.75) is 52.4 Å². The lowest BCUT2D eigenvalue weighted by molar-refractivity contribution is 0.0694. The van der Waals surface area contributed by atoms with Gasteiger partial charge in [-0.3, -0.25) is 19.2 Å². The molecule has 0 unspecified atom stereocenters. The summed E-state index contributed by atoms with van der Waals surface area (Å²) in [7, 11) is 0. The number of carbonyl (C=O) groups is 5. The second kappa shape index (κ2) is 12.2. The topological polar surface area (TPSA) is 112 Å². The Hall–Kier alpha value is -5.47. The number of nitrogens with zero attached hydrogens (tertiary/aromatic N) is 2. The van der Waals surface area contributed by atoms with Crippen LogP contribution in [0.5, 0.6) is 0 Å². The highest BCUT2D eigenvalue weighted by molar-refractivity contribution is 6.36. The van der Waals surface area contributed by atoms with Crippen LogP contribution in [0, 0.1) is 23.7 Å². The van der Waals surface area contributed by atoms with Crippen LogP contribution in [0.2, 0.25) is 0 Å². The smallest absolute Gasteiger partial charge is 0.335 e. The predicted molar refractivity (Wildman–Crippen MR) is 161 cm³/mol. The summed E-state index contributed by atoms with van der Waals surface area (Å²) in [5.41, 5.74) is 1.30. The Morgan fingerprint density at radius 1 is 0.628 bits per heavy atom. The first kappa shape index (κ1) is 29.0. The lowest BCUT2D eigenvalue weighted by Crippen LogP contribution is -2.32. The molecule has 0 atom stereocenters. The van der Waals surface area contributed by atoms with Crippen LogP contribution in [0.4, 0.5) is 11.4 Å². The lowest BCUT2D eigenvalue weighted by atomic mass is 10.1. The van der Waals surface area contributed by atoms with Gasteiger partial charge in [0.15, 0.2) is 0 Å². The molecule has 0 bridgehead atoms. The molecule has 2 heterocycles. The molecule has 0 saturated carbocycles. The van der Waals surface area contributed by atoms with Gasteiger partial charge in [0.1, 0.15) is 0 Å². The van der Waals surface area contributed by atoms with Gasteiger partial charge in [-0.2, -0.15) is 0 Å². The van der Waals surface area contributed by atoms with E-state index in [1.807, 2.05) is 0 Å². The summed E-state index contributed by atoms with van der Waals surface area (Å²) in [6.45, 7) is 4.13. The van der Waals surface area contributed by atoms with E-state index in [-0.39, 0.29) is 39.2 Å². The van der Waals surface area contributed by atoms with Crippen LogP contribution in [0.1, 0.15) is 115 Å². The minimum absolute atomic E-state index is 0.0734.